The summed E-state index contributed by atoms with van der Waals surface area (Å²) in [6.45, 7) is 0.981. The monoisotopic (exact) mass is 292 g/mol. The molecule has 0 bridgehead atoms. The van der Waals surface area contributed by atoms with Gasteiger partial charge < -0.3 is 4.90 Å². The quantitative estimate of drug-likeness (QED) is 0.765. The minimum atomic E-state index is -4.21. The van der Waals surface area contributed by atoms with Crippen molar-refractivity contribution in [1.29, 1.82) is 0 Å². The topological polar surface area (TPSA) is 16.1 Å². The van der Waals surface area contributed by atoms with Crippen molar-refractivity contribution >= 4 is 17.4 Å². The van der Waals surface area contributed by atoms with Crippen LogP contribution in [0.2, 0.25) is 0 Å². The van der Waals surface area contributed by atoms with Gasteiger partial charge in [-0.15, -0.1) is 11.6 Å². The Morgan fingerprint density at radius 1 is 1.37 bits per heavy atom. The first kappa shape index (κ1) is 14.4. The van der Waals surface area contributed by atoms with E-state index in [-0.39, 0.29) is 11.9 Å². The van der Waals surface area contributed by atoms with E-state index in [1.165, 1.54) is 4.90 Å². The number of hydrogen-bond acceptors (Lipinski definition) is 2. The van der Waals surface area contributed by atoms with Gasteiger partial charge in [0, 0.05) is 17.6 Å². The largest absolute Gasteiger partial charge is 0.405 e. The number of hydrogen-bond donors (Lipinski definition) is 0. The van der Waals surface area contributed by atoms with Gasteiger partial charge in [0.15, 0.2) is 0 Å². The number of alkyl halides is 4. The maximum atomic E-state index is 12.6. The van der Waals surface area contributed by atoms with Crippen LogP contribution in [0, 0.1) is 0 Å². The molecule has 1 aromatic heterocycles. The maximum Gasteiger partial charge on any atom is 0.405 e. The maximum absolute atomic E-state index is 12.6. The summed E-state index contributed by atoms with van der Waals surface area (Å²) in [5.41, 5.74) is 1.59. The lowest BCUT2D eigenvalue weighted by Crippen LogP contribution is -2.36. The van der Waals surface area contributed by atoms with Crippen LogP contribution >= 0.6 is 11.6 Å². The van der Waals surface area contributed by atoms with Crippen LogP contribution in [0.4, 0.5) is 19.0 Å². The van der Waals surface area contributed by atoms with Gasteiger partial charge in [0.2, 0.25) is 0 Å². The molecule has 2 rings (SSSR count). The highest BCUT2D eigenvalue weighted by molar-refractivity contribution is 6.17. The van der Waals surface area contributed by atoms with E-state index >= 15 is 0 Å². The molecule has 2 nitrogen and oxygen atoms in total. The van der Waals surface area contributed by atoms with Crippen molar-refractivity contribution in [2.45, 2.75) is 44.3 Å². The molecular weight excluding hydrogens is 277 g/mol. The summed E-state index contributed by atoms with van der Waals surface area (Å²) >= 11 is 5.79. The standard InChI is InChI=1S/C13H16ClF3N2/c1-2-10-5-9(7-14)6-12(18-10)19(11-3-4-11)8-13(15,16)17/h5-6,11H,2-4,7-8H2,1H3. The van der Waals surface area contributed by atoms with E-state index in [4.69, 9.17) is 11.6 Å². The Hall–Kier alpha value is -0.970. The molecule has 1 aliphatic rings. The number of aryl methyl sites for hydroxylation is 1. The fourth-order valence-corrected chi connectivity index (χ4v) is 2.17. The molecule has 0 aromatic carbocycles. The van der Waals surface area contributed by atoms with Gasteiger partial charge in [0.25, 0.3) is 0 Å². The van der Waals surface area contributed by atoms with Crippen molar-refractivity contribution in [3.05, 3.63) is 23.4 Å². The lowest BCUT2D eigenvalue weighted by molar-refractivity contribution is -0.120. The highest BCUT2D eigenvalue weighted by atomic mass is 35.5. The summed E-state index contributed by atoms with van der Waals surface area (Å²) in [5.74, 6) is 0.683. The normalized spacial score (nSPS) is 15.6. The Morgan fingerprint density at radius 3 is 2.53 bits per heavy atom. The molecule has 6 heteroatoms. The summed E-state index contributed by atoms with van der Waals surface area (Å²) < 4.78 is 37.9. The highest BCUT2D eigenvalue weighted by Crippen LogP contribution is 2.34. The van der Waals surface area contributed by atoms with E-state index in [1.807, 2.05) is 13.0 Å². The molecular formula is C13H16ClF3N2. The average Bonchev–Trinajstić information content (AvgIpc) is 3.18. The van der Waals surface area contributed by atoms with Crippen molar-refractivity contribution < 1.29 is 13.2 Å². The van der Waals surface area contributed by atoms with Gasteiger partial charge in [-0.05, 0) is 37.0 Å². The SMILES string of the molecule is CCc1cc(CCl)cc(N(CC(F)(F)F)C2CC2)n1. The summed E-state index contributed by atoms with van der Waals surface area (Å²) in [6.07, 6.45) is -1.94. The predicted octanol–water partition coefficient (Wildman–Crippen LogP) is 3.91. The first-order valence-electron chi connectivity index (χ1n) is 6.32. The first-order chi connectivity index (χ1) is 8.93. The number of halogens is 4. The van der Waals surface area contributed by atoms with Gasteiger partial charge >= 0.3 is 6.18 Å². The van der Waals surface area contributed by atoms with Gasteiger partial charge in [0.1, 0.15) is 12.4 Å². The van der Waals surface area contributed by atoms with Gasteiger partial charge in [-0.1, -0.05) is 6.92 Å². The molecule has 1 aromatic rings. The minimum absolute atomic E-state index is 0.0376. The number of pyridine rings is 1. The number of nitrogens with zero attached hydrogens (tertiary/aromatic N) is 2. The molecule has 0 N–H and O–H groups in total. The summed E-state index contributed by atoms with van der Waals surface area (Å²) in [5, 5.41) is 0. The van der Waals surface area contributed by atoms with Crippen LogP contribution in [-0.2, 0) is 12.3 Å². The number of aromatic nitrogens is 1. The Balaban J connectivity index is 2.30. The van der Waals surface area contributed by atoms with Crippen molar-refractivity contribution in [3.63, 3.8) is 0 Å². The molecule has 19 heavy (non-hydrogen) atoms. The molecule has 1 fully saturated rings. The molecule has 106 valence electrons. The third-order valence-electron chi connectivity index (χ3n) is 3.07. The van der Waals surface area contributed by atoms with Crippen LogP contribution in [0.25, 0.3) is 0 Å². The third kappa shape index (κ3) is 4.00. The Bertz CT molecular complexity index is 422. The molecule has 0 aliphatic heterocycles. The molecule has 0 unspecified atom stereocenters. The molecule has 1 saturated carbocycles. The zero-order chi connectivity index (χ0) is 14.0. The molecule has 0 saturated heterocycles. The fourth-order valence-electron chi connectivity index (χ4n) is 2.02. The second-order valence-corrected chi connectivity index (χ2v) is 5.05. The van der Waals surface area contributed by atoms with Crippen molar-refractivity contribution in [3.8, 4) is 0 Å². The third-order valence-corrected chi connectivity index (χ3v) is 3.38. The van der Waals surface area contributed by atoms with Crippen molar-refractivity contribution in [1.82, 2.24) is 4.98 Å². The Kier molecular flexibility index (Phi) is 4.23. The zero-order valence-electron chi connectivity index (χ0n) is 10.7. The van der Waals surface area contributed by atoms with Gasteiger partial charge in [-0.25, -0.2) is 4.98 Å². The molecule has 1 aliphatic carbocycles. The number of rotatable bonds is 5. The van der Waals surface area contributed by atoms with Crippen LogP contribution in [0.3, 0.4) is 0 Å². The van der Waals surface area contributed by atoms with E-state index in [0.717, 1.165) is 24.1 Å². The lowest BCUT2D eigenvalue weighted by Gasteiger charge is -2.25. The van der Waals surface area contributed by atoms with E-state index < -0.39 is 12.7 Å². The molecule has 0 radical (unpaired) electrons. The minimum Gasteiger partial charge on any atom is -0.345 e. The van der Waals surface area contributed by atoms with Crippen LogP contribution < -0.4 is 4.90 Å². The lowest BCUT2D eigenvalue weighted by atomic mass is 10.2. The average molecular weight is 293 g/mol. The van der Waals surface area contributed by atoms with Gasteiger partial charge in [-0.2, -0.15) is 13.2 Å². The van der Waals surface area contributed by atoms with E-state index in [0.29, 0.717) is 12.2 Å². The zero-order valence-corrected chi connectivity index (χ0v) is 11.4. The first-order valence-corrected chi connectivity index (χ1v) is 6.85. The molecule has 1 heterocycles. The predicted molar refractivity (Wildman–Crippen MR) is 69.6 cm³/mol. The summed E-state index contributed by atoms with van der Waals surface area (Å²) in [4.78, 5) is 5.67. The van der Waals surface area contributed by atoms with Crippen LogP contribution in [0.1, 0.15) is 31.0 Å². The van der Waals surface area contributed by atoms with E-state index in [1.54, 1.807) is 6.07 Å². The van der Waals surface area contributed by atoms with E-state index in [9.17, 15) is 13.2 Å². The second kappa shape index (κ2) is 5.57. The van der Waals surface area contributed by atoms with Gasteiger partial charge in [-0.3, -0.25) is 0 Å². The van der Waals surface area contributed by atoms with Gasteiger partial charge in [0.05, 0.1) is 0 Å². The second-order valence-electron chi connectivity index (χ2n) is 4.79. The Labute approximate surface area is 115 Å². The van der Waals surface area contributed by atoms with Crippen LogP contribution in [0.5, 0.6) is 0 Å². The van der Waals surface area contributed by atoms with Crippen LogP contribution in [0.15, 0.2) is 12.1 Å². The smallest absolute Gasteiger partial charge is 0.345 e. The van der Waals surface area contributed by atoms with Crippen molar-refractivity contribution in [2.75, 3.05) is 11.4 Å². The summed E-state index contributed by atoms with van der Waals surface area (Å²) in [7, 11) is 0. The van der Waals surface area contributed by atoms with Crippen molar-refractivity contribution in [2.24, 2.45) is 0 Å². The van der Waals surface area contributed by atoms with Crippen LogP contribution in [-0.4, -0.2) is 23.7 Å². The summed E-state index contributed by atoms with van der Waals surface area (Å²) in [6, 6.07) is 3.47. The molecule has 0 spiro atoms. The van der Waals surface area contributed by atoms with E-state index in [2.05, 4.69) is 4.98 Å². The Morgan fingerprint density at radius 2 is 2.05 bits per heavy atom. The highest BCUT2D eigenvalue weighted by Gasteiger charge is 2.38. The molecule has 0 atom stereocenters. The number of anilines is 1. The molecule has 0 amide bonds. The fraction of sp³-hybridized carbons (Fsp3) is 0.615.